The Labute approximate surface area is 133 Å². The third-order valence-corrected chi connectivity index (χ3v) is 6.16. The molecule has 1 aromatic carbocycles. The van der Waals surface area contributed by atoms with Crippen molar-refractivity contribution >= 4 is 27.3 Å². The summed E-state index contributed by atoms with van der Waals surface area (Å²) in [5.74, 6) is -1.08. The molecular weight excluding hydrogens is 325 g/mol. The molecule has 1 N–H and O–H groups in total. The first kappa shape index (κ1) is 16.6. The van der Waals surface area contributed by atoms with Crippen LogP contribution in [0.25, 0.3) is 0 Å². The van der Waals surface area contributed by atoms with Gasteiger partial charge in [0.2, 0.25) is 5.91 Å². The molecule has 0 atom stereocenters. The van der Waals surface area contributed by atoms with E-state index in [1.165, 1.54) is 30.3 Å². The highest BCUT2D eigenvalue weighted by molar-refractivity contribution is 7.92. The fourth-order valence-electron chi connectivity index (χ4n) is 1.85. The van der Waals surface area contributed by atoms with Crippen LogP contribution in [0, 0.1) is 12.7 Å². The minimum absolute atomic E-state index is 0.0910. The van der Waals surface area contributed by atoms with E-state index in [9.17, 15) is 17.6 Å². The van der Waals surface area contributed by atoms with Gasteiger partial charge in [-0.2, -0.15) is 0 Å². The Hall–Kier alpha value is -1.73. The molecule has 1 heterocycles. The number of sulfonamides is 1. The van der Waals surface area contributed by atoms with E-state index in [0.717, 1.165) is 16.2 Å². The Morgan fingerprint density at radius 3 is 2.23 bits per heavy atom. The Bertz CT molecular complexity index is 792. The Morgan fingerprint density at radius 1 is 1.14 bits per heavy atom. The standard InChI is InChI=1S/C15H16FNO3S2/c1-10-4-9-13(21-10)22(19,20)17-14(18)15(2,3)11-5-7-12(16)8-6-11/h4-9H,1-3H3,(H,17,18). The van der Waals surface area contributed by atoms with Crippen LogP contribution < -0.4 is 4.72 Å². The average Bonchev–Trinajstić information content (AvgIpc) is 2.86. The molecule has 22 heavy (non-hydrogen) atoms. The fourth-order valence-corrected chi connectivity index (χ4v) is 4.25. The van der Waals surface area contributed by atoms with Crippen molar-refractivity contribution in [3.8, 4) is 0 Å². The van der Waals surface area contributed by atoms with Gasteiger partial charge in [-0.1, -0.05) is 12.1 Å². The van der Waals surface area contributed by atoms with Gasteiger partial charge in [-0.05, 0) is 50.6 Å². The number of aryl methyl sites for hydroxylation is 1. The summed E-state index contributed by atoms with van der Waals surface area (Å²) in [5, 5.41) is 0. The molecule has 0 bridgehead atoms. The zero-order valence-corrected chi connectivity index (χ0v) is 14.0. The third kappa shape index (κ3) is 3.36. The van der Waals surface area contributed by atoms with E-state index in [1.807, 2.05) is 0 Å². The lowest BCUT2D eigenvalue weighted by atomic mass is 9.84. The molecular formula is C15H16FNO3S2. The molecule has 118 valence electrons. The van der Waals surface area contributed by atoms with Gasteiger partial charge >= 0.3 is 0 Å². The number of thiophene rings is 1. The van der Waals surface area contributed by atoms with Gasteiger partial charge in [-0.3, -0.25) is 4.79 Å². The lowest BCUT2D eigenvalue weighted by Crippen LogP contribution is -2.42. The molecule has 0 radical (unpaired) electrons. The molecule has 0 saturated heterocycles. The fraction of sp³-hybridized carbons (Fsp3) is 0.267. The van der Waals surface area contributed by atoms with Crippen LogP contribution >= 0.6 is 11.3 Å². The van der Waals surface area contributed by atoms with Crippen LogP contribution in [0.3, 0.4) is 0 Å². The van der Waals surface area contributed by atoms with E-state index in [0.29, 0.717) is 5.56 Å². The summed E-state index contributed by atoms with van der Waals surface area (Å²) in [5.41, 5.74) is -0.573. The number of carbonyl (C=O) groups excluding carboxylic acids is 1. The van der Waals surface area contributed by atoms with Crippen LogP contribution in [-0.2, 0) is 20.2 Å². The van der Waals surface area contributed by atoms with Gasteiger partial charge in [-0.15, -0.1) is 11.3 Å². The maximum absolute atomic E-state index is 13.0. The highest BCUT2D eigenvalue weighted by atomic mass is 32.2. The second-order valence-corrected chi connectivity index (χ2v) is 8.63. The average molecular weight is 341 g/mol. The van der Waals surface area contributed by atoms with Gasteiger partial charge in [-0.25, -0.2) is 17.5 Å². The van der Waals surface area contributed by atoms with Gasteiger partial charge in [0.25, 0.3) is 10.0 Å². The highest BCUT2D eigenvalue weighted by Crippen LogP contribution is 2.26. The van der Waals surface area contributed by atoms with Gasteiger partial charge in [0.1, 0.15) is 10.0 Å². The number of hydrogen-bond acceptors (Lipinski definition) is 4. The molecule has 2 aromatic rings. The molecule has 0 aliphatic rings. The topological polar surface area (TPSA) is 63.2 Å². The van der Waals surface area contributed by atoms with Gasteiger partial charge < -0.3 is 0 Å². The summed E-state index contributed by atoms with van der Waals surface area (Å²) in [7, 11) is -3.89. The maximum Gasteiger partial charge on any atom is 0.273 e. The van der Waals surface area contributed by atoms with Crippen LogP contribution in [0.1, 0.15) is 24.3 Å². The van der Waals surface area contributed by atoms with Gasteiger partial charge in [0.15, 0.2) is 0 Å². The SMILES string of the molecule is Cc1ccc(S(=O)(=O)NC(=O)C(C)(C)c2ccc(F)cc2)s1. The van der Waals surface area contributed by atoms with E-state index >= 15 is 0 Å². The minimum Gasteiger partial charge on any atom is -0.273 e. The first-order valence-corrected chi connectivity index (χ1v) is 8.82. The first-order valence-electron chi connectivity index (χ1n) is 6.52. The smallest absolute Gasteiger partial charge is 0.273 e. The van der Waals surface area contributed by atoms with E-state index in [-0.39, 0.29) is 4.21 Å². The Kier molecular flexibility index (Phi) is 4.39. The molecule has 0 aliphatic heterocycles. The van der Waals surface area contributed by atoms with E-state index < -0.39 is 27.2 Å². The van der Waals surface area contributed by atoms with Gasteiger partial charge in [0.05, 0.1) is 5.41 Å². The molecule has 1 amide bonds. The van der Waals surface area contributed by atoms with Crippen molar-refractivity contribution in [1.29, 1.82) is 0 Å². The van der Waals surface area contributed by atoms with Crippen LogP contribution in [0.5, 0.6) is 0 Å². The first-order chi connectivity index (χ1) is 10.1. The van der Waals surface area contributed by atoms with Crippen molar-refractivity contribution < 1.29 is 17.6 Å². The van der Waals surface area contributed by atoms with E-state index in [4.69, 9.17) is 0 Å². The predicted octanol–water partition coefficient (Wildman–Crippen LogP) is 2.98. The largest absolute Gasteiger partial charge is 0.273 e. The minimum atomic E-state index is -3.89. The summed E-state index contributed by atoms with van der Waals surface area (Å²) in [4.78, 5) is 13.2. The molecule has 4 nitrogen and oxygen atoms in total. The van der Waals surface area contributed by atoms with E-state index in [2.05, 4.69) is 4.72 Å². The summed E-state index contributed by atoms with van der Waals surface area (Å²) in [6.07, 6.45) is 0. The number of amides is 1. The second kappa shape index (κ2) is 5.81. The molecule has 0 spiro atoms. The second-order valence-electron chi connectivity index (χ2n) is 5.43. The molecule has 2 rings (SSSR count). The lowest BCUT2D eigenvalue weighted by Gasteiger charge is -2.23. The zero-order valence-electron chi connectivity index (χ0n) is 12.4. The Morgan fingerprint density at radius 2 is 1.73 bits per heavy atom. The quantitative estimate of drug-likeness (QED) is 0.930. The molecule has 0 unspecified atom stereocenters. The number of halogens is 1. The van der Waals surface area contributed by atoms with Crippen molar-refractivity contribution in [2.45, 2.75) is 30.4 Å². The van der Waals surface area contributed by atoms with Crippen LogP contribution in [0.4, 0.5) is 4.39 Å². The van der Waals surface area contributed by atoms with Gasteiger partial charge in [0, 0.05) is 4.88 Å². The number of benzene rings is 1. The van der Waals surface area contributed by atoms with Crippen molar-refractivity contribution in [2.75, 3.05) is 0 Å². The van der Waals surface area contributed by atoms with Crippen molar-refractivity contribution in [3.05, 3.63) is 52.7 Å². The normalized spacial score (nSPS) is 12.2. The number of nitrogens with one attached hydrogen (secondary N) is 1. The zero-order chi connectivity index (χ0) is 16.5. The van der Waals surface area contributed by atoms with Crippen molar-refractivity contribution in [2.24, 2.45) is 0 Å². The van der Waals surface area contributed by atoms with Crippen molar-refractivity contribution in [3.63, 3.8) is 0 Å². The summed E-state index contributed by atoms with van der Waals surface area (Å²) in [6.45, 7) is 4.96. The van der Waals surface area contributed by atoms with Crippen LogP contribution in [-0.4, -0.2) is 14.3 Å². The van der Waals surface area contributed by atoms with Crippen LogP contribution in [0.15, 0.2) is 40.6 Å². The van der Waals surface area contributed by atoms with Crippen LogP contribution in [0.2, 0.25) is 0 Å². The summed E-state index contributed by atoms with van der Waals surface area (Å²) in [6, 6.07) is 8.55. The Balaban J connectivity index is 2.25. The van der Waals surface area contributed by atoms with E-state index in [1.54, 1.807) is 26.8 Å². The molecule has 7 heteroatoms. The molecule has 0 saturated carbocycles. The number of carbonyl (C=O) groups is 1. The summed E-state index contributed by atoms with van der Waals surface area (Å²) >= 11 is 1.09. The predicted molar refractivity (Wildman–Crippen MR) is 83.8 cm³/mol. The number of hydrogen-bond donors (Lipinski definition) is 1. The highest BCUT2D eigenvalue weighted by Gasteiger charge is 2.33. The maximum atomic E-state index is 13.0. The number of rotatable bonds is 4. The molecule has 1 aromatic heterocycles. The third-order valence-electron chi connectivity index (χ3n) is 3.34. The summed E-state index contributed by atoms with van der Waals surface area (Å²) < 4.78 is 39.6. The monoisotopic (exact) mass is 341 g/mol. The lowest BCUT2D eigenvalue weighted by molar-refractivity contribution is -0.123. The molecule has 0 fully saturated rings. The van der Waals surface area contributed by atoms with Crippen molar-refractivity contribution in [1.82, 2.24) is 4.72 Å². The molecule has 0 aliphatic carbocycles.